The van der Waals surface area contributed by atoms with Crippen LogP contribution in [0.2, 0.25) is 0 Å². The molecule has 1 aliphatic heterocycles. The van der Waals surface area contributed by atoms with Crippen molar-refractivity contribution in [2.75, 3.05) is 12.9 Å². The Balaban J connectivity index is 2.42. The Hall–Kier alpha value is 0.0500. The predicted molar refractivity (Wildman–Crippen MR) is 37.0 cm³/mol. The Kier molecular flexibility index (Phi) is 1.97. The third kappa shape index (κ3) is 1.06. The lowest BCUT2D eigenvalue weighted by Crippen LogP contribution is -1.98. The highest BCUT2D eigenvalue weighted by Gasteiger charge is 2.17. The molecular weight excluding hydrogens is 120 g/mol. The molecule has 46 valence electrons. The molecule has 1 nitrogen and oxygen atoms in total. The Bertz CT molecular complexity index is 101. The van der Waals surface area contributed by atoms with E-state index in [1.54, 1.807) is 11.8 Å². The van der Waals surface area contributed by atoms with Gasteiger partial charge in [0.2, 0.25) is 0 Å². The Labute approximate surface area is 54.1 Å². The molecule has 1 fully saturated rings. The van der Waals surface area contributed by atoms with E-state index < -0.39 is 0 Å². The maximum absolute atomic E-state index is 5.28. The number of hydrogen-bond donors (Lipinski definition) is 0. The average molecular weight is 130 g/mol. The molecule has 0 aliphatic carbocycles. The Morgan fingerprint density at radius 1 is 1.88 bits per heavy atom. The number of thioether (sulfide) groups is 1. The van der Waals surface area contributed by atoms with Gasteiger partial charge in [0.1, 0.15) is 5.44 Å². The van der Waals surface area contributed by atoms with Crippen LogP contribution in [0.15, 0.2) is 12.2 Å². The quantitative estimate of drug-likeness (QED) is 0.499. The zero-order valence-corrected chi connectivity index (χ0v) is 5.83. The van der Waals surface area contributed by atoms with Crippen molar-refractivity contribution in [3.05, 3.63) is 12.2 Å². The van der Waals surface area contributed by atoms with Crippen LogP contribution in [-0.4, -0.2) is 18.3 Å². The van der Waals surface area contributed by atoms with E-state index in [9.17, 15) is 0 Å². The lowest BCUT2D eigenvalue weighted by Gasteiger charge is -2.03. The lowest BCUT2D eigenvalue weighted by atomic mass is 10.3. The first-order chi connectivity index (χ1) is 3.84. The second kappa shape index (κ2) is 2.55. The van der Waals surface area contributed by atoms with Crippen LogP contribution < -0.4 is 0 Å². The van der Waals surface area contributed by atoms with Crippen molar-refractivity contribution in [1.29, 1.82) is 0 Å². The van der Waals surface area contributed by atoms with Crippen molar-refractivity contribution in [2.24, 2.45) is 0 Å². The molecule has 1 heterocycles. The van der Waals surface area contributed by atoms with E-state index in [0.29, 0.717) is 0 Å². The van der Waals surface area contributed by atoms with E-state index in [1.165, 1.54) is 5.57 Å². The summed E-state index contributed by atoms with van der Waals surface area (Å²) in [5.74, 6) is 0. The van der Waals surface area contributed by atoms with Gasteiger partial charge in [-0.3, -0.25) is 0 Å². The molecule has 0 spiro atoms. The summed E-state index contributed by atoms with van der Waals surface area (Å²) in [5, 5.41) is 0. The number of rotatable bonds is 1. The third-order valence-electron chi connectivity index (χ3n) is 1.24. The van der Waals surface area contributed by atoms with Crippen LogP contribution in [-0.2, 0) is 4.74 Å². The van der Waals surface area contributed by atoms with Gasteiger partial charge >= 0.3 is 0 Å². The second-order valence-corrected chi connectivity index (χ2v) is 2.75. The monoisotopic (exact) mass is 130 g/mol. The van der Waals surface area contributed by atoms with Gasteiger partial charge in [-0.1, -0.05) is 6.58 Å². The maximum Gasteiger partial charge on any atom is 0.124 e. The lowest BCUT2D eigenvalue weighted by molar-refractivity contribution is 0.182. The van der Waals surface area contributed by atoms with Crippen molar-refractivity contribution in [3.63, 3.8) is 0 Å². The summed E-state index contributed by atoms with van der Waals surface area (Å²) < 4.78 is 5.28. The molecule has 8 heavy (non-hydrogen) atoms. The first kappa shape index (κ1) is 6.17. The molecule has 1 rings (SSSR count). The van der Waals surface area contributed by atoms with Gasteiger partial charge < -0.3 is 4.74 Å². The highest BCUT2D eigenvalue weighted by Crippen LogP contribution is 2.25. The maximum atomic E-state index is 5.28. The summed E-state index contributed by atoms with van der Waals surface area (Å²) in [6.07, 6.45) is 3.09. The van der Waals surface area contributed by atoms with E-state index in [4.69, 9.17) is 4.74 Å². The zero-order valence-electron chi connectivity index (χ0n) is 5.02. The van der Waals surface area contributed by atoms with Gasteiger partial charge in [-0.15, -0.1) is 11.8 Å². The fourth-order valence-corrected chi connectivity index (χ4v) is 1.45. The number of ether oxygens (including phenoxy) is 1. The van der Waals surface area contributed by atoms with Gasteiger partial charge in [-0.2, -0.15) is 0 Å². The highest BCUT2D eigenvalue weighted by atomic mass is 32.2. The van der Waals surface area contributed by atoms with E-state index in [0.717, 1.165) is 13.0 Å². The fraction of sp³-hybridized carbons (Fsp3) is 0.667. The summed E-state index contributed by atoms with van der Waals surface area (Å²) in [6.45, 7) is 4.73. The third-order valence-corrected chi connectivity index (χ3v) is 2.14. The summed E-state index contributed by atoms with van der Waals surface area (Å²) in [4.78, 5) is 0. The van der Waals surface area contributed by atoms with Crippen LogP contribution in [0.5, 0.6) is 0 Å². The first-order valence-corrected chi connectivity index (χ1v) is 3.95. The molecule has 1 unspecified atom stereocenters. The van der Waals surface area contributed by atoms with Crippen molar-refractivity contribution >= 4 is 11.8 Å². The van der Waals surface area contributed by atoms with Crippen LogP contribution in [0.25, 0.3) is 0 Å². The van der Waals surface area contributed by atoms with Gasteiger partial charge in [-0.25, -0.2) is 0 Å². The van der Waals surface area contributed by atoms with Crippen molar-refractivity contribution in [2.45, 2.75) is 11.9 Å². The topological polar surface area (TPSA) is 9.23 Å². The zero-order chi connectivity index (χ0) is 5.98. The molecule has 1 saturated heterocycles. The molecule has 0 bridgehead atoms. The fourth-order valence-electron chi connectivity index (χ4n) is 0.767. The van der Waals surface area contributed by atoms with Crippen LogP contribution in [0.4, 0.5) is 0 Å². The van der Waals surface area contributed by atoms with Crippen LogP contribution in [0.1, 0.15) is 6.42 Å². The standard InChI is InChI=1S/C6H10OS/c1-5-3-4-7-6(5)8-2/h6H,1,3-4H2,2H3. The number of hydrogen-bond acceptors (Lipinski definition) is 2. The normalized spacial score (nSPS) is 29.1. The van der Waals surface area contributed by atoms with Gasteiger partial charge in [0, 0.05) is 0 Å². The second-order valence-electron chi connectivity index (χ2n) is 1.85. The van der Waals surface area contributed by atoms with Gasteiger partial charge in [-0.05, 0) is 18.2 Å². The Morgan fingerprint density at radius 3 is 2.88 bits per heavy atom. The van der Waals surface area contributed by atoms with Crippen LogP contribution >= 0.6 is 11.8 Å². The smallest absolute Gasteiger partial charge is 0.124 e. The molecule has 1 atom stereocenters. The van der Waals surface area contributed by atoms with Crippen molar-refractivity contribution < 1.29 is 4.74 Å². The Morgan fingerprint density at radius 2 is 2.62 bits per heavy atom. The SMILES string of the molecule is C=C1CCOC1SC. The molecule has 2 heteroatoms. The molecule has 0 radical (unpaired) electrons. The van der Waals surface area contributed by atoms with Crippen molar-refractivity contribution in [1.82, 2.24) is 0 Å². The van der Waals surface area contributed by atoms with Crippen LogP contribution in [0.3, 0.4) is 0 Å². The average Bonchev–Trinajstić information content (AvgIpc) is 2.14. The molecule has 1 aliphatic rings. The molecule has 0 amide bonds. The summed E-state index contributed by atoms with van der Waals surface area (Å²) in [7, 11) is 0. The molecule has 0 aromatic heterocycles. The molecule has 0 aromatic rings. The van der Waals surface area contributed by atoms with E-state index >= 15 is 0 Å². The molecular formula is C6H10OS. The first-order valence-electron chi connectivity index (χ1n) is 2.66. The predicted octanol–water partition coefficient (Wildman–Crippen LogP) is 1.65. The van der Waals surface area contributed by atoms with E-state index in [2.05, 4.69) is 6.58 Å². The van der Waals surface area contributed by atoms with E-state index in [-0.39, 0.29) is 5.44 Å². The minimum absolute atomic E-state index is 0.287. The summed E-state index contributed by atoms with van der Waals surface area (Å²) >= 11 is 1.72. The largest absolute Gasteiger partial charge is 0.363 e. The van der Waals surface area contributed by atoms with Gasteiger partial charge in [0.25, 0.3) is 0 Å². The molecule has 0 saturated carbocycles. The minimum Gasteiger partial charge on any atom is -0.363 e. The van der Waals surface area contributed by atoms with Gasteiger partial charge in [0.05, 0.1) is 6.61 Å². The summed E-state index contributed by atoms with van der Waals surface area (Å²) in [6, 6.07) is 0. The highest BCUT2D eigenvalue weighted by molar-refractivity contribution is 7.99. The van der Waals surface area contributed by atoms with Crippen molar-refractivity contribution in [3.8, 4) is 0 Å². The van der Waals surface area contributed by atoms with Gasteiger partial charge in [0.15, 0.2) is 0 Å². The summed E-state index contributed by atoms with van der Waals surface area (Å²) in [5.41, 5.74) is 1.52. The molecule has 0 aromatic carbocycles. The van der Waals surface area contributed by atoms with E-state index in [1.807, 2.05) is 6.26 Å². The minimum atomic E-state index is 0.287. The van der Waals surface area contributed by atoms with Crippen LogP contribution in [0, 0.1) is 0 Å². The molecule has 0 N–H and O–H groups in total.